The molecule has 9 heteroatoms. The molecule has 6 N–H and O–H groups in total. The molecule has 1 saturated heterocycles. The standard InChI is InChI=1S/C24H26N2O7/c1-25-23(31)16-9-14(10-17(11-16)24(32)26-2)7-6-13-4-3-5-15(8-13)22-21(30)20(29)19(28)18(12-27)33-22/h3-5,8-11,18-22,27-30H,12H2,1-2H3,(H,25,31)(H,26,32)/t18-,19-,20+,21+,22-/m1/s1. The van der Waals surface area contributed by atoms with Gasteiger partial charge in [-0.25, -0.2) is 0 Å². The molecule has 174 valence electrons. The van der Waals surface area contributed by atoms with E-state index in [1.54, 1.807) is 36.4 Å². The van der Waals surface area contributed by atoms with E-state index in [0.717, 1.165) is 0 Å². The number of carbonyl (C=O) groups is 2. The summed E-state index contributed by atoms with van der Waals surface area (Å²) in [6.07, 6.45) is -6.31. The van der Waals surface area contributed by atoms with Crippen LogP contribution in [0.5, 0.6) is 0 Å². The molecule has 0 spiro atoms. The van der Waals surface area contributed by atoms with Crippen molar-refractivity contribution in [3.63, 3.8) is 0 Å². The SMILES string of the molecule is CNC(=O)c1cc(C#Cc2cccc([C@H]3O[C@H](CO)[C@@H](O)[C@H](O)[C@@H]3O)c2)cc(C(=O)NC)c1. The molecule has 1 aliphatic rings. The minimum absolute atomic E-state index is 0.290. The van der Waals surface area contributed by atoms with Crippen molar-refractivity contribution >= 4 is 11.8 Å². The number of ether oxygens (including phenoxy) is 1. The molecule has 2 amide bonds. The lowest BCUT2D eigenvalue weighted by Crippen LogP contribution is -2.55. The van der Waals surface area contributed by atoms with Crippen LogP contribution in [-0.4, -0.2) is 77.4 Å². The van der Waals surface area contributed by atoms with Crippen LogP contribution >= 0.6 is 0 Å². The molecule has 0 radical (unpaired) electrons. The quantitative estimate of drug-likeness (QED) is 0.335. The zero-order chi connectivity index (χ0) is 24.1. The van der Waals surface area contributed by atoms with Crippen LogP contribution in [-0.2, 0) is 4.74 Å². The number of benzene rings is 2. The van der Waals surface area contributed by atoms with Gasteiger partial charge in [-0.05, 0) is 35.9 Å². The van der Waals surface area contributed by atoms with Gasteiger partial charge in [-0.2, -0.15) is 0 Å². The first-order valence-electron chi connectivity index (χ1n) is 10.3. The van der Waals surface area contributed by atoms with Crippen molar-refractivity contribution in [3.05, 3.63) is 70.3 Å². The maximum absolute atomic E-state index is 12.1. The van der Waals surface area contributed by atoms with Crippen LogP contribution in [0.1, 0.15) is 43.5 Å². The number of amides is 2. The Kier molecular flexibility index (Phi) is 7.81. The first-order valence-corrected chi connectivity index (χ1v) is 10.3. The monoisotopic (exact) mass is 454 g/mol. The summed E-state index contributed by atoms with van der Waals surface area (Å²) < 4.78 is 5.60. The highest BCUT2D eigenvalue weighted by Crippen LogP contribution is 2.32. The summed E-state index contributed by atoms with van der Waals surface area (Å²) >= 11 is 0. The highest BCUT2D eigenvalue weighted by atomic mass is 16.5. The van der Waals surface area contributed by atoms with E-state index in [4.69, 9.17) is 4.74 Å². The van der Waals surface area contributed by atoms with E-state index in [1.807, 2.05) is 0 Å². The second-order valence-corrected chi connectivity index (χ2v) is 7.58. The minimum Gasteiger partial charge on any atom is -0.394 e. The van der Waals surface area contributed by atoms with Gasteiger partial charge < -0.3 is 35.8 Å². The van der Waals surface area contributed by atoms with Crippen molar-refractivity contribution in [1.82, 2.24) is 10.6 Å². The molecule has 5 atom stereocenters. The van der Waals surface area contributed by atoms with Gasteiger partial charge in [0.15, 0.2) is 0 Å². The Labute approximate surface area is 191 Å². The average molecular weight is 454 g/mol. The fourth-order valence-corrected chi connectivity index (χ4v) is 3.57. The highest BCUT2D eigenvalue weighted by Gasteiger charge is 2.43. The molecule has 1 fully saturated rings. The fraction of sp³-hybridized carbons (Fsp3) is 0.333. The third-order valence-electron chi connectivity index (χ3n) is 5.37. The molecule has 33 heavy (non-hydrogen) atoms. The van der Waals surface area contributed by atoms with Crippen LogP contribution in [0.4, 0.5) is 0 Å². The number of nitrogens with one attached hydrogen (secondary N) is 2. The van der Waals surface area contributed by atoms with Gasteiger partial charge in [-0.15, -0.1) is 0 Å². The second-order valence-electron chi connectivity index (χ2n) is 7.58. The normalized spacial score (nSPS) is 24.4. The number of rotatable bonds is 4. The maximum atomic E-state index is 12.1. The number of hydrogen-bond acceptors (Lipinski definition) is 7. The van der Waals surface area contributed by atoms with E-state index < -0.39 is 37.1 Å². The molecule has 2 aromatic carbocycles. The van der Waals surface area contributed by atoms with Gasteiger partial charge in [-0.1, -0.05) is 24.0 Å². The summed E-state index contributed by atoms with van der Waals surface area (Å²) in [4.78, 5) is 24.1. The largest absolute Gasteiger partial charge is 0.394 e. The third-order valence-corrected chi connectivity index (χ3v) is 5.37. The number of hydrogen-bond donors (Lipinski definition) is 6. The predicted octanol–water partition coefficient (Wildman–Crippen LogP) is -0.680. The van der Waals surface area contributed by atoms with Gasteiger partial charge in [0.25, 0.3) is 11.8 Å². The molecule has 1 heterocycles. The summed E-state index contributed by atoms with van der Waals surface area (Å²) in [6, 6.07) is 11.4. The van der Waals surface area contributed by atoms with Gasteiger partial charge in [-0.3, -0.25) is 9.59 Å². The Bertz CT molecular complexity index is 1060. The summed E-state index contributed by atoms with van der Waals surface area (Å²) in [5.74, 6) is 5.18. The van der Waals surface area contributed by atoms with Crippen LogP contribution in [0.25, 0.3) is 0 Å². The third kappa shape index (κ3) is 5.39. The summed E-state index contributed by atoms with van der Waals surface area (Å²) in [5.41, 5.74) is 2.09. The molecule has 2 aromatic rings. The Hall–Kier alpha value is -3.26. The van der Waals surface area contributed by atoms with Crippen LogP contribution < -0.4 is 10.6 Å². The van der Waals surface area contributed by atoms with Crippen molar-refractivity contribution in [2.45, 2.75) is 30.5 Å². The molecular formula is C24H26N2O7. The molecule has 3 rings (SSSR count). The van der Waals surface area contributed by atoms with E-state index in [-0.39, 0.29) is 22.9 Å². The summed E-state index contributed by atoms with van der Waals surface area (Å²) in [6.45, 7) is -0.518. The average Bonchev–Trinajstić information content (AvgIpc) is 2.85. The number of carbonyl (C=O) groups excluding carboxylic acids is 2. The Morgan fingerprint density at radius 2 is 1.48 bits per heavy atom. The highest BCUT2D eigenvalue weighted by molar-refractivity contribution is 6.00. The molecule has 9 nitrogen and oxygen atoms in total. The fourth-order valence-electron chi connectivity index (χ4n) is 3.57. The van der Waals surface area contributed by atoms with Gasteiger partial charge in [0.2, 0.25) is 0 Å². The zero-order valence-corrected chi connectivity index (χ0v) is 18.1. The minimum atomic E-state index is -1.48. The predicted molar refractivity (Wildman–Crippen MR) is 118 cm³/mol. The summed E-state index contributed by atoms with van der Waals surface area (Å²) in [5, 5.41) is 44.8. The number of aliphatic hydroxyl groups is 4. The lowest BCUT2D eigenvalue weighted by Gasteiger charge is -2.40. The van der Waals surface area contributed by atoms with Crippen molar-refractivity contribution in [2.24, 2.45) is 0 Å². The lowest BCUT2D eigenvalue weighted by molar-refractivity contribution is -0.231. The van der Waals surface area contributed by atoms with E-state index in [2.05, 4.69) is 22.5 Å². The Morgan fingerprint density at radius 3 is 2.06 bits per heavy atom. The van der Waals surface area contributed by atoms with Gasteiger partial charge in [0.05, 0.1) is 6.61 Å². The smallest absolute Gasteiger partial charge is 0.251 e. The molecule has 0 aromatic heterocycles. The molecule has 0 saturated carbocycles. The first-order chi connectivity index (χ1) is 15.8. The van der Waals surface area contributed by atoms with Gasteiger partial charge >= 0.3 is 0 Å². The van der Waals surface area contributed by atoms with Crippen LogP contribution in [0, 0.1) is 11.8 Å². The van der Waals surface area contributed by atoms with E-state index in [9.17, 15) is 30.0 Å². The molecule has 1 aliphatic heterocycles. The second kappa shape index (κ2) is 10.6. The van der Waals surface area contributed by atoms with Crippen LogP contribution in [0.3, 0.4) is 0 Å². The van der Waals surface area contributed by atoms with Gasteiger partial charge in [0.1, 0.15) is 30.5 Å². The number of aliphatic hydroxyl groups excluding tert-OH is 4. The van der Waals surface area contributed by atoms with E-state index in [0.29, 0.717) is 16.7 Å². The van der Waals surface area contributed by atoms with Crippen LogP contribution in [0.15, 0.2) is 42.5 Å². The zero-order valence-electron chi connectivity index (χ0n) is 18.1. The maximum Gasteiger partial charge on any atom is 0.251 e. The molecule has 0 aliphatic carbocycles. The Morgan fingerprint density at radius 1 is 0.879 bits per heavy atom. The van der Waals surface area contributed by atoms with E-state index >= 15 is 0 Å². The van der Waals surface area contributed by atoms with Crippen LogP contribution in [0.2, 0.25) is 0 Å². The topological polar surface area (TPSA) is 148 Å². The molecular weight excluding hydrogens is 428 g/mol. The van der Waals surface area contributed by atoms with Crippen molar-refractivity contribution < 1.29 is 34.8 Å². The van der Waals surface area contributed by atoms with Crippen molar-refractivity contribution in [1.29, 1.82) is 0 Å². The van der Waals surface area contributed by atoms with Gasteiger partial charge in [0, 0.05) is 36.3 Å². The first kappa shape index (κ1) is 24.4. The lowest BCUT2D eigenvalue weighted by atomic mass is 9.90. The Balaban J connectivity index is 1.93. The molecule has 0 bridgehead atoms. The van der Waals surface area contributed by atoms with Crippen molar-refractivity contribution in [3.8, 4) is 11.8 Å². The summed E-state index contributed by atoms with van der Waals surface area (Å²) in [7, 11) is 2.98. The van der Waals surface area contributed by atoms with E-state index in [1.165, 1.54) is 20.2 Å². The van der Waals surface area contributed by atoms with Crippen molar-refractivity contribution in [2.75, 3.05) is 20.7 Å². The molecule has 0 unspecified atom stereocenters.